The summed E-state index contributed by atoms with van der Waals surface area (Å²) in [5.74, 6) is 0.400. The van der Waals surface area contributed by atoms with Crippen LogP contribution >= 0.6 is 0 Å². The van der Waals surface area contributed by atoms with E-state index in [1.54, 1.807) is 6.20 Å². The molecule has 1 aliphatic heterocycles. The number of aryl methyl sites for hydroxylation is 1. The minimum atomic E-state index is -0.0935. The molecule has 2 N–H and O–H groups in total. The second-order valence-electron chi connectivity index (χ2n) is 6.22. The number of aromatic amines is 1. The maximum atomic E-state index is 12.4. The molecule has 2 aromatic rings. The normalized spacial score (nSPS) is 15.3. The molecule has 0 atom stereocenters. The second kappa shape index (κ2) is 7.29. The van der Waals surface area contributed by atoms with E-state index in [4.69, 9.17) is 0 Å². The molecule has 3 rings (SSSR count). The van der Waals surface area contributed by atoms with Gasteiger partial charge in [0.15, 0.2) is 0 Å². The third-order valence-corrected chi connectivity index (χ3v) is 4.55. The summed E-state index contributed by atoms with van der Waals surface area (Å²) < 4.78 is 0. The Balaban J connectivity index is 1.46. The number of aromatic nitrogens is 2. The first-order valence-electron chi connectivity index (χ1n) is 8.27. The molecule has 2 amide bonds. The van der Waals surface area contributed by atoms with Gasteiger partial charge >= 0.3 is 0 Å². The van der Waals surface area contributed by atoms with Crippen molar-refractivity contribution < 1.29 is 9.59 Å². The van der Waals surface area contributed by atoms with Gasteiger partial charge in [-0.05, 0) is 37.8 Å². The van der Waals surface area contributed by atoms with Crippen LogP contribution in [-0.2, 0) is 0 Å². The summed E-state index contributed by atoms with van der Waals surface area (Å²) in [6.07, 6.45) is 3.36. The molecule has 0 aliphatic carbocycles. The maximum Gasteiger partial charge on any atom is 0.254 e. The van der Waals surface area contributed by atoms with Gasteiger partial charge in [-0.1, -0.05) is 18.2 Å². The fourth-order valence-electron chi connectivity index (χ4n) is 3.02. The first kappa shape index (κ1) is 16.2. The third kappa shape index (κ3) is 3.64. The van der Waals surface area contributed by atoms with Crippen LogP contribution in [0, 0.1) is 12.8 Å². The Morgan fingerprint density at radius 3 is 2.58 bits per heavy atom. The predicted octanol–water partition coefficient (Wildman–Crippen LogP) is 2.00. The molecule has 1 fully saturated rings. The van der Waals surface area contributed by atoms with Crippen molar-refractivity contribution in [2.45, 2.75) is 19.8 Å². The summed E-state index contributed by atoms with van der Waals surface area (Å²) in [4.78, 5) is 26.4. The number of nitrogens with zero attached hydrogens (tertiary/aromatic N) is 2. The van der Waals surface area contributed by atoms with Crippen LogP contribution in [0.5, 0.6) is 0 Å². The maximum absolute atomic E-state index is 12.4. The zero-order valence-corrected chi connectivity index (χ0v) is 13.8. The lowest BCUT2D eigenvalue weighted by atomic mass is 9.96. The van der Waals surface area contributed by atoms with E-state index in [-0.39, 0.29) is 11.8 Å². The van der Waals surface area contributed by atoms with Crippen molar-refractivity contribution >= 4 is 11.8 Å². The van der Waals surface area contributed by atoms with E-state index in [1.165, 1.54) is 0 Å². The number of hydrogen-bond acceptors (Lipinski definition) is 3. The van der Waals surface area contributed by atoms with Crippen molar-refractivity contribution in [1.29, 1.82) is 0 Å². The zero-order chi connectivity index (χ0) is 16.9. The number of benzene rings is 1. The number of hydrogen-bond donors (Lipinski definition) is 2. The van der Waals surface area contributed by atoms with Crippen LogP contribution in [0.3, 0.4) is 0 Å². The lowest BCUT2D eigenvalue weighted by Crippen LogP contribution is -2.41. The van der Waals surface area contributed by atoms with Gasteiger partial charge in [-0.25, -0.2) is 0 Å². The van der Waals surface area contributed by atoms with Gasteiger partial charge in [0.2, 0.25) is 0 Å². The van der Waals surface area contributed by atoms with Crippen LogP contribution < -0.4 is 5.32 Å². The second-order valence-corrected chi connectivity index (χ2v) is 6.22. The Morgan fingerprint density at radius 2 is 1.96 bits per heavy atom. The van der Waals surface area contributed by atoms with Crippen LogP contribution in [0.25, 0.3) is 0 Å². The molecule has 126 valence electrons. The number of amides is 2. The molecule has 0 spiro atoms. The molecule has 2 heterocycles. The monoisotopic (exact) mass is 326 g/mol. The van der Waals surface area contributed by atoms with Crippen molar-refractivity contribution in [3.8, 4) is 0 Å². The Labute approximate surface area is 141 Å². The van der Waals surface area contributed by atoms with E-state index in [1.807, 2.05) is 42.2 Å². The van der Waals surface area contributed by atoms with E-state index >= 15 is 0 Å². The third-order valence-electron chi connectivity index (χ3n) is 4.55. The summed E-state index contributed by atoms with van der Waals surface area (Å²) in [6.45, 7) is 3.93. The van der Waals surface area contributed by atoms with Crippen LogP contribution in [-0.4, -0.2) is 46.5 Å². The van der Waals surface area contributed by atoms with E-state index in [0.717, 1.165) is 37.2 Å². The van der Waals surface area contributed by atoms with Gasteiger partial charge in [-0.2, -0.15) is 5.10 Å². The molecule has 1 aliphatic rings. The molecule has 0 saturated carbocycles. The van der Waals surface area contributed by atoms with Crippen LogP contribution in [0.2, 0.25) is 0 Å². The first-order chi connectivity index (χ1) is 11.6. The molecule has 1 saturated heterocycles. The molecule has 0 bridgehead atoms. The summed E-state index contributed by atoms with van der Waals surface area (Å²) in [7, 11) is 0. The van der Waals surface area contributed by atoms with Gasteiger partial charge in [0.25, 0.3) is 11.8 Å². The van der Waals surface area contributed by atoms with E-state index in [2.05, 4.69) is 15.5 Å². The van der Waals surface area contributed by atoms with E-state index in [9.17, 15) is 9.59 Å². The number of H-pyrrole nitrogens is 1. The standard InChI is InChI=1S/C18H22N4O2/c1-13-16(12-20-21-13)17(23)19-11-14-7-9-22(10-8-14)18(24)15-5-3-2-4-6-15/h2-6,12,14H,7-11H2,1H3,(H,19,23)(H,20,21). The first-order valence-corrected chi connectivity index (χ1v) is 8.27. The summed E-state index contributed by atoms with van der Waals surface area (Å²) >= 11 is 0. The van der Waals surface area contributed by atoms with Crippen LogP contribution in [0.4, 0.5) is 0 Å². The molecule has 0 radical (unpaired) electrons. The highest BCUT2D eigenvalue weighted by atomic mass is 16.2. The van der Waals surface area contributed by atoms with Crippen molar-refractivity contribution in [3.05, 3.63) is 53.3 Å². The van der Waals surface area contributed by atoms with Gasteiger partial charge < -0.3 is 10.2 Å². The molecule has 0 unspecified atom stereocenters. The van der Waals surface area contributed by atoms with E-state index < -0.39 is 0 Å². The Bertz CT molecular complexity index is 703. The number of carbonyl (C=O) groups is 2. The summed E-state index contributed by atoms with van der Waals surface area (Å²) in [5.41, 5.74) is 2.10. The molecule has 24 heavy (non-hydrogen) atoms. The average molecular weight is 326 g/mol. The fraction of sp³-hybridized carbons (Fsp3) is 0.389. The fourth-order valence-corrected chi connectivity index (χ4v) is 3.02. The number of piperidine rings is 1. The SMILES string of the molecule is Cc1[nH]ncc1C(=O)NCC1CCN(C(=O)c2ccccc2)CC1. The highest BCUT2D eigenvalue weighted by Gasteiger charge is 2.24. The number of nitrogens with one attached hydrogen (secondary N) is 2. The molecular formula is C18H22N4O2. The minimum Gasteiger partial charge on any atom is -0.352 e. The quantitative estimate of drug-likeness (QED) is 0.902. The molecular weight excluding hydrogens is 304 g/mol. The number of carbonyl (C=O) groups excluding carboxylic acids is 2. The van der Waals surface area contributed by atoms with Crippen molar-refractivity contribution in [1.82, 2.24) is 20.4 Å². The Morgan fingerprint density at radius 1 is 1.25 bits per heavy atom. The lowest BCUT2D eigenvalue weighted by molar-refractivity contribution is 0.0684. The molecule has 6 heteroatoms. The van der Waals surface area contributed by atoms with Crippen LogP contribution in [0.1, 0.15) is 39.3 Å². The number of likely N-dealkylation sites (tertiary alicyclic amines) is 1. The van der Waals surface area contributed by atoms with Crippen molar-refractivity contribution in [3.63, 3.8) is 0 Å². The lowest BCUT2D eigenvalue weighted by Gasteiger charge is -2.32. The highest BCUT2D eigenvalue weighted by molar-refractivity contribution is 5.95. The minimum absolute atomic E-state index is 0.0899. The highest BCUT2D eigenvalue weighted by Crippen LogP contribution is 2.18. The van der Waals surface area contributed by atoms with Gasteiger partial charge in [-0.3, -0.25) is 14.7 Å². The topological polar surface area (TPSA) is 78.1 Å². The average Bonchev–Trinajstić information content (AvgIpc) is 3.06. The van der Waals surface area contributed by atoms with Gasteiger partial charge in [0, 0.05) is 30.9 Å². The zero-order valence-electron chi connectivity index (χ0n) is 13.8. The van der Waals surface area contributed by atoms with E-state index in [0.29, 0.717) is 18.0 Å². The summed E-state index contributed by atoms with van der Waals surface area (Å²) in [6, 6.07) is 9.37. The Hall–Kier alpha value is -2.63. The van der Waals surface area contributed by atoms with Gasteiger partial charge in [0.05, 0.1) is 11.8 Å². The molecule has 1 aromatic carbocycles. The predicted molar refractivity (Wildman–Crippen MR) is 90.7 cm³/mol. The number of rotatable bonds is 4. The smallest absolute Gasteiger partial charge is 0.254 e. The Kier molecular flexibility index (Phi) is 4.93. The van der Waals surface area contributed by atoms with Crippen LogP contribution in [0.15, 0.2) is 36.5 Å². The largest absolute Gasteiger partial charge is 0.352 e. The van der Waals surface area contributed by atoms with Crippen molar-refractivity contribution in [2.75, 3.05) is 19.6 Å². The molecule has 6 nitrogen and oxygen atoms in total. The van der Waals surface area contributed by atoms with Gasteiger partial charge in [0.1, 0.15) is 0 Å². The van der Waals surface area contributed by atoms with Gasteiger partial charge in [-0.15, -0.1) is 0 Å². The summed E-state index contributed by atoms with van der Waals surface area (Å²) in [5, 5.41) is 9.60. The van der Waals surface area contributed by atoms with Crippen molar-refractivity contribution in [2.24, 2.45) is 5.92 Å². The molecule has 1 aromatic heterocycles.